The van der Waals surface area contributed by atoms with E-state index in [1.165, 1.54) is 18.3 Å². The van der Waals surface area contributed by atoms with E-state index in [1.54, 1.807) is 12.1 Å². The maximum atomic E-state index is 13.6. The molecule has 1 saturated heterocycles. The maximum Gasteiger partial charge on any atom is 0.287 e. The fourth-order valence-electron chi connectivity index (χ4n) is 2.88. The van der Waals surface area contributed by atoms with Crippen molar-refractivity contribution < 1.29 is 9.31 Å². The van der Waals surface area contributed by atoms with E-state index in [4.69, 9.17) is 11.6 Å². The van der Waals surface area contributed by atoms with Gasteiger partial charge in [0.25, 0.3) is 5.69 Å². The summed E-state index contributed by atoms with van der Waals surface area (Å²) in [6.07, 6.45) is 3.02. The molecule has 2 aromatic rings. The predicted octanol–water partition coefficient (Wildman–Crippen LogP) is 4.17. The topological polar surface area (TPSA) is 59.3 Å². The summed E-state index contributed by atoms with van der Waals surface area (Å²) >= 11 is 5.72. The molecule has 5 nitrogen and oxygen atoms in total. The van der Waals surface area contributed by atoms with Gasteiger partial charge in [0.05, 0.1) is 9.95 Å². The fourth-order valence-corrected chi connectivity index (χ4v) is 3.00. The SMILES string of the molecule is O=[N+]([O-])c1ccc(N2CCC(c3ccc(Cl)c(F)c3)CC2)nc1. The molecule has 0 bridgehead atoms. The monoisotopic (exact) mass is 335 g/mol. The molecule has 23 heavy (non-hydrogen) atoms. The van der Waals surface area contributed by atoms with Gasteiger partial charge in [0.2, 0.25) is 0 Å². The minimum Gasteiger partial charge on any atom is -0.357 e. The van der Waals surface area contributed by atoms with Crippen molar-refractivity contribution in [3.05, 3.63) is 63.0 Å². The second-order valence-electron chi connectivity index (χ2n) is 5.57. The normalized spacial score (nSPS) is 15.7. The Hall–Kier alpha value is -2.21. The summed E-state index contributed by atoms with van der Waals surface area (Å²) in [7, 11) is 0. The van der Waals surface area contributed by atoms with E-state index in [0.717, 1.165) is 37.3 Å². The molecule has 3 rings (SSSR count). The van der Waals surface area contributed by atoms with Crippen LogP contribution in [0.4, 0.5) is 15.9 Å². The summed E-state index contributed by atoms with van der Waals surface area (Å²) in [6.45, 7) is 1.56. The van der Waals surface area contributed by atoms with Gasteiger partial charge in [0, 0.05) is 19.2 Å². The molecule has 1 aromatic heterocycles. The van der Waals surface area contributed by atoms with Gasteiger partial charge in [-0.15, -0.1) is 0 Å². The summed E-state index contributed by atoms with van der Waals surface area (Å²) in [5, 5.41) is 10.8. The van der Waals surface area contributed by atoms with Crippen molar-refractivity contribution in [1.82, 2.24) is 4.98 Å². The number of halogens is 2. The summed E-state index contributed by atoms with van der Waals surface area (Å²) in [5.74, 6) is 0.635. The average Bonchev–Trinajstić information content (AvgIpc) is 2.57. The Kier molecular flexibility index (Phi) is 4.43. The highest BCUT2D eigenvalue weighted by atomic mass is 35.5. The molecule has 0 atom stereocenters. The number of pyridine rings is 1. The highest BCUT2D eigenvalue weighted by Gasteiger charge is 2.22. The Balaban J connectivity index is 1.65. The van der Waals surface area contributed by atoms with Gasteiger partial charge in [-0.05, 0) is 42.5 Å². The molecule has 120 valence electrons. The lowest BCUT2D eigenvalue weighted by Crippen LogP contribution is -2.33. The highest BCUT2D eigenvalue weighted by molar-refractivity contribution is 6.30. The van der Waals surface area contributed by atoms with Crippen molar-refractivity contribution in [2.75, 3.05) is 18.0 Å². The first-order valence-corrected chi connectivity index (χ1v) is 7.73. The number of piperidine rings is 1. The first-order valence-electron chi connectivity index (χ1n) is 7.35. The van der Waals surface area contributed by atoms with Crippen LogP contribution in [-0.2, 0) is 0 Å². The van der Waals surface area contributed by atoms with E-state index in [9.17, 15) is 14.5 Å². The van der Waals surface area contributed by atoms with Gasteiger partial charge in [0.15, 0.2) is 0 Å². The number of hydrogen-bond acceptors (Lipinski definition) is 4. The van der Waals surface area contributed by atoms with E-state index >= 15 is 0 Å². The standard InChI is InChI=1S/C16H15ClFN3O2/c17-14-3-1-12(9-15(14)18)11-5-7-20(8-6-11)16-4-2-13(10-19-16)21(22)23/h1-4,9-11H,5-8H2. The van der Waals surface area contributed by atoms with E-state index in [1.807, 2.05) is 6.07 Å². The zero-order chi connectivity index (χ0) is 16.4. The third kappa shape index (κ3) is 3.42. The number of nitrogens with zero attached hydrogens (tertiary/aromatic N) is 3. The Morgan fingerprint density at radius 3 is 2.57 bits per heavy atom. The fraction of sp³-hybridized carbons (Fsp3) is 0.312. The molecule has 0 spiro atoms. The molecule has 0 N–H and O–H groups in total. The van der Waals surface area contributed by atoms with Crippen LogP contribution in [0.3, 0.4) is 0 Å². The Morgan fingerprint density at radius 1 is 1.26 bits per heavy atom. The molecule has 1 aliphatic rings. The zero-order valence-electron chi connectivity index (χ0n) is 12.3. The van der Waals surface area contributed by atoms with Crippen LogP contribution in [0.2, 0.25) is 5.02 Å². The molecule has 2 heterocycles. The van der Waals surface area contributed by atoms with Crippen LogP contribution >= 0.6 is 11.6 Å². The van der Waals surface area contributed by atoms with Crippen molar-refractivity contribution in [2.45, 2.75) is 18.8 Å². The molecule has 0 radical (unpaired) electrons. The van der Waals surface area contributed by atoms with E-state index in [-0.39, 0.29) is 22.4 Å². The number of nitro groups is 1. The van der Waals surface area contributed by atoms with Gasteiger partial charge in [-0.2, -0.15) is 0 Å². The summed E-state index contributed by atoms with van der Waals surface area (Å²) in [6, 6.07) is 8.10. The number of anilines is 1. The van der Waals surface area contributed by atoms with E-state index in [0.29, 0.717) is 0 Å². The van der Waals surface area contributed by atoms with Crippen LogP contribution in [0.25, 0.3) is 0 Å². The van der Waals surface area contributed by atoms with Crippen LogP contribution in [0.15, 0.2) is 36.5 Å². The minimum atomic E-state index is -0.460. The third-order valence-electron chi connectivity index (χ3n) is 4.18. The summed E-state index contributed by atoms with van der Waals surface area (Å²) in [5.41, 5.74) is 0.948. The second-order valence-corrected chi connectivity index (χ2v) is 5.97. The average molecular weight is 336 g/mol. The van der Waals surface area contributed by atoms with E-state index < -0.39 is 4.92 Å². The van der Waals surface area contributed by atoms with Gasteiger partial charge < -0.3 is 4.90 Å². The maximum absolute atomic E-state index is 13.6. The first-order chi connectivity index (χ1) is 11.0. The lowest BCUT2D eigenvalue weighted by Gasteiger charge is -2.33. The lowest BCUT2D eigenvalue weighted by atomic mass is 9.89. The van der Waals surface area contributed by atoms with Crippen LogP contribution in [0.1, 0.15) is 24.3 Å². The molecule has 0 amide bonds. The number of benzene rings is 1. The quantitative estimate of drug-likeness (QED) is 0.624. The smallest absolute Gasteiger partial charge is 0.287 e. The number of rotatable bonds is 3. The highest BCUT2D eigenvalue weighted by Crippen LogP contribution is 2.31. The predicted molar refractivity (Wildman–Crippen MR) is 86.5 cm³/mol. The van der Waals surface area contributed by atoms with Gasteiger partial charge >= 0.3 is 0 Å². The second kappa shape index (κ2) is 6.50. The van der Waals surface area contributed by atoms with Gasteiger partial charge in [-0.1, -0.05) is 17.7 Å². The lowest BCUT2D eigenvalue weighted by molar-refractivity contribution is -0.385. The van der Waals surface area contributed by atoms with Gasteiger partial charge in [-0.25, -0.2) is 9.37 Å². The molecule has 0 unspecified atom stereocenters. The molecular weight excluding hydrogens is 321 g/mol. The summed E-state index contributed by atoms with van der Waals surface area (Å²) < 4.78 is 13.6. The molecule has 7 heteroatoms. The molecule has 0 saturated carbocycles. The molecule has 1 fully saturated rings. The number of hydrogen-bond donors (Lipinski definition) is 0. The Bertz CT molecular complexity index is 716. The molecule has 1 aromatic carbocycles. The van der Waals surface area contributed by atoms with Gasteiger partial charge in [0.1, 0.15) is 17.8 Å². The Labute approximate surface area is 137 Å². The first kappa shape index (κ1) is 15.7. The van der Waals surface area contributed by atoms with Crippen LogP contribution in [0.5, 0.6) is 0 Å². The van der Waals surface area contributed by atoms with Crippen LogP contribution in [0, 0.1) is 15.9 Å². The third-order valence-corrected chi connectivity index (χ3v) is 4.48. The molecular formula is C16H15ClFN3O2. The molecule has 0 aliphatic carbocycles. The van der Waals surface area contributed by atoms with Crippen molar-refractivity contribution in [3.63, 3.8) is 0 Å². The van der Waals surface area contributed by atoms with E-state index in [2.05, 4.69) is 9.88 Å². The summed E-state index contributed by atoms with van der Waals surface area (Å²) in [4.78, 5) is 16.4. The minimum absolute atomic E-state index is 0.0136. The van der Waals surface area contributed by atoms with Gasteiger partial charge in [-0.3, -0.25) is 10.1 Å². The Morgan fingerprint density at radius 2 is 2.00 bits per heavy atom. The van der Waals surface area contributed by atoms with Crippen molar-refractivity contribution >= 4 is 23.1 Å². The van der Waals surface area contributed by atoms with Crippen molar-refractivity contribution in [1.29, 1.82) is 0 Å². The largest absolute Gasteiger partial charge is 0.357 e. The van der Waals surface area contributed by atoms with Crippen molar-refractivity contribution in [2.24, 2.45) is 0 Å². The molecule has 1 aliphatic heterocycles. The van der Waals surface area contributed by atoms with Crippen LogP contribution < -0.4 is 4.90 Å². The zero-order valence-corrected chi connectivity index (χ0v) is 13.0. The number of aromatic nitrogens is 1. The van der Waals surface area contributed by atoms with Crippen molar-refractivity contribution in [3.8, 4) is 0 Å². The van der Waals surface area contributed by atoms with Crippen LogP contribution in [-0.4, -0.2) is 23.0 Å².